The predicted octanol–water partition coefficient (Wildman–Crippen LogP) is 3.55. The third-order valence-corrected chi connectivity index (χ3v) is 3.68. The second-order valence-electron chi connectivity index (χ2n) is 4.27. The first-order valence-corrected chi connectivity index (χ1v) is 6.94. The minimum Gasteiger partial charge on any atom is -0.465 e. The Morgan fingerprint density at radius 2 is 2.05 bits per heavy atom. The van der Waals surface area contributed by atoms with E-state index in [1.165, 1.54) is 7.11 Å². The summed E-state index contributed by atoms with van der Waals surface area (Å²) in [4.78, 5) is 15.8. The highest BCUT2D eigenvalue weighted by Gasteiger charge is 2.10. The number of benzene rings is 1. The van der Waals surface area contributed by atoms with Gasteiger partial charge in [-0.05, 0) is 30.7 Å². The fourth-order valence-electron chi connectivity index (χ4n) is 1.81. The van der Waals surface area contributed by atoms with Gasteiger partial charge in [-0.25, -0.2) is 9.78 Å². The average Bonchev–Trinajstić information content (AvgIpc) is 2.46. The fourth-order valence-corrected chi connectivity index (χ4v) is 2.24. The highest BCUT2D eigenvalue weighted by Crippen LogP contribution is 2.18. The maximum Gasteiger partial charge on any atom is 0.339 e. The summed E-state index contributed by atoms with van der Waals surface area (Å²) < 4.78 is 5.75. The van der Waals surface area contributed by atoms with Crippen LogP contribution in [0.4, 0.5) is 5.82 Å². The molecule has 1 aromatic carbocycles. The number of methoxy groups -OCH3 is 1. The fraction of sp³-hybridized carbons (Fsp3) is 0.200. The number of aromatic nitrogens is 1. The van der Waals surface area contributed by atoms with Crippen LogP contribution in [0, 0.1) is 6.92 Å². The van der Waals surface area contributed by atoms with Crippen molar-refractivity contribution < 1.29 is 9.53 Å². The van der Waals surface area contributed by atoms with E-state index in [1.807, 2.05) is 24.3 Å². The molecule has 0 aliphatic heterocycles. The largest absolute Gasteiger partial charge is 0.465 e. The molecular weight excluding hydrogens is 320 g/mol. The van der Waals surface area contributed by atoms with E-state index >= 15 is 0 Å². The normalized spacial score (nSPS) is 10.2. The molecule has 0 radical (unpaired) electrons. The first-order valence-electron chi connectivity index (χ1n) is 6.15. The molecule has 5 heteroatoms. The van der Waals surface area contributed by atoms with Crippen molar-refractivity contribution in [2.24, 2.45) is 0 Å². The van der Waals surface area contributed by atoms with Crippen LogP contribution in [0.25, 0.3) is 0 Å². The maximum atomic E-state index is 11.5. The van der Waals surface area contributed by atoms with Crippen molar-refractivity contribution in [3.63, 3.8) is 0 Å². The number of hydrogen-bond acceptors (Lipinski definition) is 4. The van der Waals surface area contributed by atoms with Gasteiger partial charge in [-0.1, -0.05) is 34.1 Å². The lowest BCUT2D eigenvalue weighted by molar-refractivity contribution is 0.0599. The van der Waals surface area contributed by atoms with E-state index in [4.69, 9.17) is 4.74 Å². The maximum absolute atomic E-state index is 11.5. The number of anilines is 1. The number of halogens is 1. The molecule has 0 aliphatic carbocycles. The minimum atomic E-state index is -0.368. The Morgan fingerprint density at radius 1 is 1.30 bits per heavy atom. The molecule has 4 nitrogen and oxygen atoms in total. The van der Waals surface area contributed by atoms with Crippen LogP contribution in [0.1, 0.15) is 21.6 Å². The molecule has 0 amide bonds. The summed E-state index contributed by atoms with van der Waals surface area (Å²) in [5, 5.41) is 3.23. The zero-order valence-corrected chi connectivity index (χ0v) is 12.9. The van der Waals surface area contributed by atoms with E-state index < -0.39 is 0 Å². The molecule has 0 saturated heterocycles. The summed E-state index contributed by atoms with van der Waals surface area (Å²) in [7, 11) is 1.36. The predicted molar refractivity (Wildman–Crippen MR) is 81.8 cm³/mol. The summed E-state index contributed by atoms with van der Waals surface area (Å²) in [6.07, 6.45) is 0. The van der Waals surface area contributed by atoms with Gasteiger partial charge in [-0.3, -0.25) is 0 Å². The van der Waals surface area contributed by atoms with Gasteiger partial charge >= 0.3 is 5.97 Å². The number of aryl methyl sites for hydroxylation is 1. The summed E-state index contributed by atoms with van der Waals surface area (Å²) in [6.45, 7) is 2.45. The van der Waals surface area contributed by atoms with Crippen LogP contribution >= 0.6 is 15.9 Å². The number of rotatable bonds is 4. The number of carbonyl (C=O) groups excluding carboxylic acids is 1. The standard InChI is InChI=1S/C15H15BrN2O2/c1-10-12(15(19)20-2)7-8-14(18-10)17-9-11-5-3-4-6-13(11)16/h3-8H,9H2,1-2H3,(H,17,18). The zero-order chi connectivity index (χ0) is 14.5. The van der Waals surface area contributed by atoms with Crippen molar-refractivity contribution in [2.45, 2.75) is 13.5 Å². The van der Waals surface area contributed by atoms with Crippen molar-refractivity contribution in [3.8, 4) is 0 Å². The number of pyridine rings is 1. The highest BCUT2D eigenvalue weighted by molar-refractivity contribution is 9.10. The number of carbonyl (C=O) groups is 1. The number of esters is 1. The van der Waals surface area contributed by atoms with Crippen molar-refractivity contribution in [1.82, 2.24) is 4.98 Å². The quantitative estimate of drug-likeness (QED) is 0.868. The van der Waals surface area contributed by atoms with Gasteiger partial charge in [-0.15, -0.1) is 0 Å². The first-order chi connectivity index (χ1) is 9.61. The van der Waals surface area contributed by atoms with Gasteiger partial charge in [0.1, 0.15) is 5.82 Å². The summed E-state index contributed by atoms with van der Waals surface area (Å²) in [5.74, 6) is 0.359. The summed E-state index contributed by atoms with van der Waals surface area (Å²) in [6, 6.07) is 11.5. The lowest BCUT2D eigenvalue weighted by atomic mass is 10.2. The van der Waals surface area contributed by atoms with Crippen LogP contribution in [0.2, 0.25) is 0 Å². The molecule has 0 spiro atoms. The molecule has 20 heavy (non-hydrogen) atoms. The molecule has 0 bridgehead atoms. The van der Waals surface area contributed by atoms with E-state index in [-0.39, 0.29) is 5.97 Å². The van der Waals surface area contributed by atoms with Gasteiger partial charge in [0.25, 0.3) is 0 Å². The van der Waals surface area contributed by atoms with E-state index in [2.05, 4.69) is 26.2 Å². The number of ether oxygens (including phenoxy) is 1. The topological polar surface area (TPSA) is 51.2 Å². The Bertz CT molecular complexity index is 629. The third-order valence-electron chi connectivity index (χ3n) is 2.91. The second-order valence-corrected chi connectivity index (χ2v) is 5.12. The van der Waals surface area contributed by atoms with Gasteiger partial charge in [-0.2, -0.15) is 0 Å². The molecule has 2 rings (SSSR count). The lowest BCUT2D eigenvalue weighted by Crippen LogP contribution is -2.08. The van der Waals surface area contributed by atoms with Crippen LogP contribution in [0.15, 0.2) is 40.9 Å². The molecular formula is C15H15BrN2O2. The van der Waals surface area contributed by atoms with Crippen LogP contribution in [-0.4, -0.2) is 18.1 Å². The molecule has 0 atom stereocenters. The highest BCUT2D eigenvalue weighted by atomic mass is 79.9. The molecule has 0 unspecified atom stereocenters. The molecule has 1 aromatic heterocycles. The number of nitrogens with one attached hydrogen (secondary N) is 1. The molecule has 0 aliphatic rings. The summed E-state index contributed by atoms with van der Waals surface area (Å²) in [5.41, 5.74) is 2.27. The molecule has 0 saturated carbocycles. The van der Waals surface area contributed by atoms with E-state index in [9.17, 15) is 4.79 Å². The zero-order valence-electron chi connectivity index (χ0n) is 11.3. The van der Waals surface area contributed by atoms with Gasteiger partial charge in [0.15, 0.2) is 0 Å². The Labute approximate surface area is 126 Å². The SMILES string of the molecule is COC(=O)c1ccc(NCc2ccccc2Br)nc1C. The number of nitrogens with zero attached hydrogens (tertiary/aromatic N) is 1. The third kappa shape index (κ3) is 3.36. The van der Waals surface area contributed by atoms with Crippen LogP contribution < -0.4 is 5.32 Å². The number of hydrogen-bond donors (Lipinski definition) is 1. The van der Waals surface area contributed by atoms with Gasteiger partial charge < -0.3 is 10.1 Å². The molecule has 1 N–H and O–H groups in total. The molecule has 0 fully saturated rings. The van der Waals surface area contributed by atoms with E-state index in [0.717, 1.165) is 15.9 Å². The van der Waals surface area contributed by atoms with Crippen molar-refractivity contribution >= 4 is 27.7 Å². The first kappa shape index (κ1) is 14.5. The molecule has 1 heterocycles. The van der Waals surface area contributed by atoms with Crippen LogP contribution in [-0.2, 0) is 11.3 Å². The second kappa shape index (κ2) is 6.52. The van der Waals surface area contributed by atoms with Crippen molar-refractivity contribution in [2.75, 3.05) is 12.4 Å². The van der Waals surface area contributed by atoms with E-state index in [1.54, 1.807) is 19.1 Å². The average molecular weight is 335 g/mol. The molecule has 2 aromatic rings. The van der Waals surface area contributed by atoms with Crippen molar-refractivity contribution in [1.29, 1.82) is 0 Å². The molecule has 104 valence electrons. The Morgan fingerprint density at radius 3 is 2.70 bits per heavy atom. The summed E-state index contributed by atoms with van der Waals surface area (Å²) >= 11 is 3.50. The Hall–Kier alpha value is -1.88. The van der Waals surface area contributed by atoms with E-state index in [0.29, 0.717) is 17.8 Å². The van der Waals surface area contributed by atoms with Gasteiger partial charge in [0.2, 0.25) is 0 Å². The lowest BCUT2D eigenvalue weighted by Gasteiger charge is -2.09. The van der Waals surface area contributed by atoms with Gasteiger partial charge in [0, 0.05) is 11.0 Å². The Balaban J connectivity index is 2.10. The van der Waals surface area contributed by atoms with Crippen LogP contribution in [0.3, 0.4) is 0 Å². The van der Waals surface area contributed by atoms with Gasteiger partial charge in [0.05, 0.1) is 18.4 Å². The van der Waals surface area contributed by atoms with Crippen LogP contribution in [0.5, 0.6) is 0 Å². The Kier molecular flexibility index (Phi) is 4.74. The monoisotopic (exact) mass is 334 g/mol. The smallest absolute Gasteiger partial charge is 0.339 e. The van der Waals surface area contributed by atoms with Crippen molar-refractivity contribution in [3.05, 3.63) is 57.7 Å². The minimum absolute atomic E-state index is 0.368.